The van der Waals surface area contributed by atoms with Crippen LogP contribution in [0.1, 0.15) is 31.2 Å². The minimum atomic E-state index is -0.230. The second-order valence-corrected chi connectivity index (χ2v) is 5.74. The molecule has 1 aliphatic rings. The van der Waals surface area contributed by atoms with Crippen LogP contribution < -0.4 is 15.4 Å². The quantitative estimate of drug-likeness (QED) is 0.711. The highest BCUT2D eigenvalue weighted by Crippen LogP contribution is 2.39. The Bertz CT molecular complexity index is 473. The summed E-state index contributed by atoms with van der Waals surface area (Å²) in [4.78, 5) is 12.2. The third kappa shape index (κ3) is 5.37. The van der Waals surface area contributed by atoms with Gasteiger partial charge in [0.05, 0.1) is 25.8 Å². The number of nitrogens with one attached hydrogen (secondary N) is 2. The molecule has 1 aromatic rings. The van der Waals surface area contributed by atoms with Gasteiger partial charge < -0.3 is 20.1 Å². The first-order chi connectivity index (χ1) is 10.7. The van der Waals surface area contributed by atoms with E-state index in [1.165, 1.54) is 0 Å². The van der Waals surface area contributed by atoms with Gasteiger partial charge in [-0.15, -0.1) is 12.4 Å². The van der Waals surface area contributed by atoms with Crippen molar-refractivity contribution >= 4 is 18.3 Å². The molecule has 0 radical (unpaired) electrons. The summed E-state index contributed by atoms with van der Waals surface area (Å²) in [6.07, 6.45) is 4.26. The molecular weight excluding hydrogens is 316 g/mol. The maximum absolute atomic E-state index is 12.2. The molecule has 1 fully saturated rings. The van der Waals surface area contributed by atoms with Gasteiger partial charge in [0.15, 0.2) is 0 Å². The number of methoxy groups -OCH3 is 2. The van der Waals surface area contributed by atoms with Crippen molar-refractivity contribution in [1.29, 1.82) is 0 Å². The number of benzene rings is 1. The number of ether oxygens (including phenoxy) is 2. The molecule has 5 nitrogen and oxygen atoms in total. The molecule has 0 bridgehead atoms. The highest BCUT2D eigenvalue weighted by atomic mass is 35.5. The lowest BCUT2D eigenvalue weighted by Gasteiger charge is -2.31. The maximum atomic E-state index is 12.2. The summed E-state index contributed by atoms with van der Waals surface area (Å²) < 4.78 is 10.2. The van der Waals surface area contributed by atoms with Gasteiger partial charge >= 0.3 is 0 Å². The molecule has 6 heteroatoms. The van der Waals surface area contributed by atoms with Crippen molar-refractivity contribution < 1.29 is 14.3 Å². The fourth-order valence-electron chi connectivity index (χ4n) is 3.06. The van der Waals surface area contributed by atoms with E-state index in [2.05, 4.69) is 22.8 Å². The summed E-state index contributed by atoms with van der Waals surface area (Å²) in [6.45, 7) is 1.61. The molecule has 1 aromatic carbocycles. The van der Waals surface area contributed by atoms with Crippen molar-refractivity contribution in [3.05, 3.63) is 29.8 Å². The molecular formula is C17H27ClN2O3. The Labute approximate surface area is 144 Å². The maximum Gasteiger partial charge on any atom is 0.234 e. The summed E-state index contributed by atoms with van der Waals surface area (Å²) in [5, 5.41) is 6.33. The van der Waals surface area contributed by atoms with Gasteiger partial charge in [-0.05, 0) is 30.5 Å². The van der Waals surface area contributed by atoms with Crippen LogP contribution in [-0.2, 0) is 15.1 Å². The minimum absolute atomic E-state index is 0. The highest BCUT2D eigenvalue weighted by Gasteiger charge is 2.36. The van der Waals surface area contributed by atoms with Crippen LogP contribution in [0.3, 0.4) is 0 Å². The van der Waals surface area contributed by atoms with Crippen molar-refractivity contribution in [1.82, 2.24) is 10.6 Å². The molecule has 130 valence electrons. The second kappa shape index (κ2) is 9.75. The van der Waals surface area contributed by atoms with Crippen LogP contribution >= 0.6 is 12.4 Å². The van der Waals surface area contributed by atoms with Crippen molar-refractivity contribution in [3.8, 4) is 5.75 Å². The van der Waals surface area contributed by atoms with Gasteiger partial charge in [0, 0.05) is 13.7 Å². The van der Waals surface area contributed by atoms with E-state index >= 15 is 0 Å². The first-order valence-corrected chi connectivity index (χ1v) is 7.85. The Kier molecular flexibility index (Phi) is 8.37. The summed E-state index contributed by atoms with van der Waals surface area (Å²) in [5.74, 6) is 0.873. The Balaban J connectivity index is 0.00000264. The second-order valence-electron chi connectivity index (χ2n) is 5.74. The number of amides is 1. The normalized spacial score (nSPS) is 15.7. The molecule has 2 rings (SSSR count). The van der Waals surface area contributed by atoms with Gasteiger partial charge in [0.25, 0.3) is 0 Å². The molecule has 2 N–H and O–H groups in total. The van der Waals surface area contributed by atoms with Crippen LogP contribution in [0.4, 0.5) is 0 Å². The number of carbonyl (C=O) groups is 1. The molecule has 0 atom stereocenters. The van der Waals surface area contributed by atoms with Crippen LogP contribution in [0.15, 0.2) is 24.3 Å². The predicted molar refractivity (Wildman–Crippen MR) is 93.3 cm³/mol. The Morgan fingerprint density at radius 3 is 2.39 bits per heavy atom. The van der Waals surface area contributed by atoms with E-state index in [1.807, 2.05) is 12.1 Å². The Hall–Kier alpha value is -1.30. The molecule has 1 saturated carbocycles. The molecule has 23 heavy (non-hydrogen) atoms. The summed E-state index contributed by atoms with van der Waals surface area (Å²) in [6, 6.07) is 8.03. The van der Waals surface area contributed by atoms with E-state index in [-0.39, 0.29) is 23.9 Å². The number of halogens is 1. The Morgan fingerprint density at radius 2 is 1.83 bits per heavy atom. The van der Waals surface area contributed by atoms with Gasteiger partial charge in [-0.2, -0.15) is 0 Å². The Morgan fingerprint density at radius 1 is 1.17 bits per heavy atom. The van der Waals surface area contributed by atoms with Crippen LogP contribution in [0.2, 0.25) is 0 Å². The molecule has 0 heterocycles. The van der Waals surface area contributed by atoms with E-state index in [4.69, 9.17) is 9.47 Å². The van der Waals surface area contributed by atoms with Gasteiger partial charge in [0.2, 0.25) is 5.91 Å². The lowest BCUT2D eigenvalue weighted by atomic mass is 9.88. The average molecular weight is 343 g/mol. The van der Waals surface area contributed by atoms with E-state index in [9.17, 15) is 4.79 Å². The van der Waals surface area contributed by atoms with Crippen LogP contribution in [-0.4, -0.2) is 39.8 Å². The van der Waals surface area contributed by atoms with E-state index in [0.717, 1.165) is 37.0 Å². The van der Waals surface area contributed by atoms with Crippen LogP contribution in [0.5, 0.6) is 5.75 Å². The van der Waals surface area contributed by atoms with Gasteiger partial charge in [-0.1, -0.05) is 25.0 Å². The standard InChI is InChI=1S/C17H26N2O3.ClH/c1-21-12-11-18-13-16(20)19-17(9-3-4-10-17)14-5-7-15(22-2)8-6-14;/h5-8,18H,3-4,9-13H2,1-2H3,(H,19,20);1H. The first kappa shape index (κ1) is 19.7. The minimum Gasteiger partial charge on any atom is -0.497 e. The van der Waals surface area contributed by atoms with Gasteiger partial charge in [-0.25, -0.2) is 0 Å². The molecule has 0 spiro atoms. The third-order valence-corrected chi connectivity index (χ3v) is 4.25. The summed E-state index contributed by atoms with van der Waals surface area (Å²) in [5.41, 5.74) is 0.933. The smallest absolute Gasteiger partial charge is 0.234 e. The van der Waals surface area contributed by atoms with E-state index < -0.39 is 0 Å². The zero-order valence-electron chi connectivity index (χ0n) is 13.9. The number of rotatable bonds is 8. The SMILES string of the molecule is COCCNCC(=O)NC1(c2ccc(OC)cc2)CCCC1.Cl. The summed E-state index contributed by atoms with van der Waals surface area (Å²) in [7, 11) is 3.31. The molecule has 1 amide bonds. The van der Waals surface area contributed by atoms with Crippen molar-refractivity contribution in [2.24, 2.45) is 0 Å². The summed E-state index contributed by atoms with van der Waals surface area (Å²) >= 11 is 0. The van der Waals surface area contributed by atoms with Crippen LogP contribution in [0, 0.1) is 0 Å². The average Bonchev–Trinajstić information content (AvgIpc) is 3.01. The van der Waals surface area contributed by atoms with E-state index in [0.29, 0.717) is 19.7 Å². The third-order valence-electron chi connectivity index (χ3n) is 4.25. The monoisotopic (exact) mass is 342 g/mol. The molecule has 0 aliphatic heterocycles. The highest BCUT2D eigenvalue weighted by molar-refractivity contribution is 5.85. The zero-order valence-corrected chi connectivity index (χ0v) is 14.7. The lowest BCUT2D eigenvalue weighted by molar-refractivity contribution is -0.122. The number of hydrogen-bond acceptors (Lipinski definition) is 4. The topological polar surface area (TPSA) is 59.6 Å². The first-order valence-electron chi connectivity index (χ1n) is 7.85. The molecule has 0 aromatic heterocycles. The zero-order chi connectivity index (χ0) is 15.8. The lowest BCUT2D eigenvalue weighted by Crippen LogP contribution is -2.47. The fourth-order valence-corrected chi connectivity index (χ4v) is 3.06. The van der Waals surface area contributed by atoms with Crippen LogP contribution in [0.25, 0.3) is 0 Å². The number of carbonyl (C=O) groups excluding carboxylic acids is 1. The van der Waals surface area contributed by atoms with Gasteiger partial charge in [-0.3, -0.25) is 4.79 Å². The number of hydrogen-bond donors (Lipinski definition) is 2. The molecule has 0 unspecified atom stereocenters. The van der Waals surface area contributed by atoms with Gasteiger partial charge in [0.1, 0.15) is 5.75 Å². The van der Waals surface area contributed by atoms with Crippen molar-refractivity contribution in [2.75, 3.05) is 33.9 Å². The van der Waals surface area contributed by atoms with Crippen molar-refractivity contribution in [3.63, 3.8) is 0 Å². The molecule has 0 saturated heterocycles. The predicted octanol–water partition coefficient (Wildman–Crippen LogP) is 2.24. The van der Waals surface area contributed by atoms with Crippen molar-refractivity contribution in [2.45, 2.75) is 31.2 Å². The largest absolute Gasteiger partial charge is 0.497 e. The molecule has 1 aliphatic carbocycles. The fraction of sp³-hybridized carbons (Fsp3) is 0.588. The van der Waals surface area contributed by atoms with E-state index in [1.54, 1.807) is 14.2 Å².